The van der Waals surface area contributed by atoms with E-state index in [2.05, 4.69) is 9.93 Å². The molecule has 0 bridgehead atoms. The minimum absolute atomic E-state index is 0. The molecule has 12 heteroatoms. The molecule has 1 radical (unpaired) electrons. The van der Waals surface area contributed by atoms with Gasteiger partial charge in [0.15, 0.2) is 0 Å². The van der Waals surface area contributed by atoms with Crippen molar-refractivity contribution >= 4 is 0 Å². The van der Waals surface area contributed by atoms with Crippen LogP contribution < -0.4 is 12.3 Å². The summed E-state index contributed by atoms with van der Waals surface area (Å²) in [4.78, 5) is 3.60. The van der Waals surface area contributed by atoms with Crippen molar-refractivity contribution in [2.75, 3.05) is 7.11 Å². The second-order valence-corrected chi connectivity index (χ2v) is 0.241. The summed E-state index contributed by atoms with van der Waals surface area (Å²) in [5.41, 5.74) is 0. The quantitative estimate of drug-likeness (QED) is 0.319. The van der Waals surface area contributed by atoms with Gasteiger partial charge in [-0.15, -0.1) is 0 Å². The molecule has 0 aliphatic heterocycles. The van der Waals surface area contributed by atoms with Gasteiger partial charge < -0.3 is 45.2 Å². The van der Waals surface area contributed by atoms with Crippen LogP contribution in [0.15, 0.2) is 0 Å². The summed E-state index contributed by atoms with van der Waals surface area (Å²) in [6.07, 6.45) is 0. The van der Waals surface area contributed by atoms with Crippen LogP contribution in [0.2, 0.25) is 0 Å². The monoisotopic (exact) mass is 399 g/mol. The van der Waals surface area contributed by atoms with Crippen molar-refractivity contribution in [1.82, 2.24) is 12.3 Å². The van der Waals surface area contributed by atoms with Crippen molar-refractivity contribution in [2.24, 2.45) is 0 Å². The molecule has 0 fully saturated rings. The van der Waals surface area contributed by atoms with Crippen LogP contribution in [0.1, 0.15) is 63.8 Å². The number of hydrogen-bond donors (Lipinski definition) is 3. The first-order chi connectivity index (χ1) is 4.91. The Hall–Kier alpha value is 0.0795. The van der Waals surface area contributed by atoms with E-state index in [-0.39, 0.29) is 84.5 Å². The minimum Gasteiger partial charge on any atom is -0.412 e. The van der Waals surface area contributed by atoms with Crippen LogP contribution in [0.4, 0.5) is 0 Å². The van der Waals surface area contributed by atoms with Gasteiger partial charge in [-0.2, -0.15) is 0 Å². The summed E-state index contributed by atoms with van der Waals surface area (Å²) in [5, 5.41) is 10.2. The van der Waals surface area contributed by atoms with Crippen molar-refractivity contribution in [3.63, 3.8) is 0 Å². The maximum Gasteiger partial charge on any atom is 0.0744 e. The molecule has 19 N–H and O–H groups in total. The van der Waals surface area contributed by atoms with Gasteiger partial charge in [-0.1, -0.05) is 68.9 Å². The third kappa shape index (κ3) is 6270. The second kappa shape index (κ2) is 1970. The predicted octanol–water partition coefficient (Wildman–Crippen LogP) is 0.398. The Morgan fingerprint density at radius 2 is 0.591 bits per heavy atom. The van der Waals surface area contributed by atoms with E-state index in [9.17, 15) is 0 Å². The van der Waals surface area contributed by atoms with Gasteiger partial charge in [0.05, 0.1) is 7.11 Å². The number of rotatable bonds is 1. The van der Waals surface area contributed by atoms with Crippen LogP contribution in [-0.4, -0.2) is 45.2 Å². The molecule has 0 aromatic carbocycles. The van der Waals surface area contributed by atoms with Gasteiger partial charge in [0, 0.05) is 17.1 Å². The van der Waals surface area contributed by atoms with Crippen LogP contribution in [0, 0.1) is 0 Å². The van der Waals surface area contributed by atoms with E-state index < -0.39 is 0 Å². The van der Waals surface area contributed by atoms with Crippen molar-refractivity contribution in [2.45, 2.75) is 63.8 Å². The normalized spacial score (nSPS) is 2.18. The maximum absolute atomic E-state index is 7.15. The van der Waals surface area contributed by atoms with Gasteiger partial charge in [-0.05, 0) is 0 Å². The average molecular weight is 399 g/mol. The second-order valence-electron chi connectivity index (χ2n) is 0.241. The van der Waals surface area contributed by atoms with Gasteiger partial charge in [-0.3, -0.25) is 0 Å². The van der Waals surface area contributed by atoms with E-state index in [1.807, 2.05) is 41.5 Å². The Morgan fingerprint density at radius 3 is 0.591 bits per heavy atom. The molecule has 0 amide bonds. The molecule has 0 saturated heterocycles. The van der Waals surface area contributed by atoms with Crippen LogP contribution in [0.25, 0.3) is 0 Å². The van der Waals surface area contributed by atoms with Gasteiger partial charge >= 0.3 is 0 Å². The Labute approximate surface area is 149 Å². The Kier molecular flexibility index (Phi) is 23700. The summed E-state index contributed by atoms with van der Waals surface area (Å²) in [5.74, 6) is 0. The average Bonchev–Trinajstić information content (AvgIpc) is 2.14. The molecule has 11 nitrogen and oxygen atoms in total. The van der Waals surface area contributed by atoms with Gasteiger partial charge in [-0.25, -0.2) is 10.1 Å². The molecule has 0 aliphatic rings. The largest absolute Gasteiger partial charge is 0.412 e. The standard InChI is InChI=1S/3C2H6.CH4O3.3CH4.Mn.2H3N.6H2O/c3*1-2;1-3-4-2;;;;;;;;;;;;/h3*1-2H3;2H,1H3;3*1H4;;2*1H3;6*1H2. The van der Waals surface area contributed by atoms with E-state index >= 15 is 0 Å². The molecule has 163 valence electrons. The molecule has 0 rings (SSSR count). The summed E-state index contributed by atoms with van der Waals surface area (Å²) >= 11 is 0. The predicted molar refractivity (Wildman–Crippen MR) is 96.7 cm³/mol. The van der Waals surface area contributed by atoms with Gasteiger partial charge in [0.2, 0.25) is 0 Å². The fraction of sp³-hybridized carbons (Fsp3) is 1.00. The summed E-state index contributed by atoms with van der Waals surface area (Å²) in [7, 11) is 1.21. The van der Waals surface area contributed by atoms with Gasteiger partial charge in [0.1, 0.15) is 0 Å². The Bertz CT molecular complexity index is 36.4. The zero-order valence-electron chi connectivity index (χ0n) is 13.1. The molecule has 0 unspecified atom stereocenters. The molecule has 0 saturated carbocycles. The fourth-order valence-electron chi connectivity index (χ4n) is 0. The molecule has 0 heterocycles. The third-order valence-electron chi connectivity index (χ3n) is 0.0745. The molecule has 22 heavy (non-hydrogen) atoms. The van der Waals surface area contributed by atoms with Crippen LogP contribution >= 0.6 is 0 Å². The summed E-state index contributed by atoms with van der Waals surface area (Å²) < 4.78 is 0. The van der Waals surface area contributed by atoms with Crippen LogP contribution in [0.5, 0.6) is 0 Å². The van der Waals surface area contributed by atoms with E-state index in [4.69, 9.17) is 5.26 Å². The van der Waals surface area contributed by atoms with E-state index in [1.165, 1.54) is 7.11 Å². The zero-order chi connectivity index (χ0) is 9.41. The molecular formula is C10H52MnN2O9. The van der Waals surface area contributed by atoms with E-state index in [0.29, 0.717) is 0 Å². The van der Waals surface area contributed by atoms with Gasteiger partial charge in [0.25, 0.3) is 0 Å². The number of hydrogen-bond acceptors (Lipinski definition) is 5. The smallest absolute Gasteiger partial charge is 0.0744 e. The topological polar surface area (TPSA) is 298 Å². The first-order valence-corrected chi connectivity index (χ1v) is 3.76. The molecular weight excluding hydrogens is 347 g/mol. The molecule has 0 aliphatic carbocycles. The summed E-state index contributed by atoms with van der Waals surface area (Å²) in [6, 6.07) is 0. The minimum atomic E-state index is 0. The molecule has 0 aromatic rings. The third-order valence-corrected chi connectivity index (χ3v) is 0.0745. The van der Waals surface area contributed by atoms with Crippen molar-refractivity contribution in [3.05, 3.63) is 0 Å². The van der Waals surface area contributed by atoms with Crippen LogP contribution in [-0.2, 0) is 27.0 Å². The fourth-order valence-corrected chi connectivity index (χ4v) is 0. The van der Waals surface area contributed by atoms with Crippen molar-refractivity contribution in [3.8, 4) is 0 Å². The Morgan fingerprint density at radius 1 is 0.545 bits per heavy atom. The maximum atomic E-state index is 7.15. The zero-order valence-corrected chi connectivity index (χ0v) is 14.2. The van der Waals surface area contributed by atoms with Crippen molar-refractivity contribution < 1.29 is 65.1 Å². The van der Waals surface area contributed by atoms with E-state index in [0.717, 1.165) is 0 Å². The van der Waals surface area contributed by atoms with Crippen LogP contribution in [0.3, 0.4) is 0 Å². The first kappa shape index (κ1) is 265. The van der Waals surface area contributed by atoms with E-state index in [1.54, 1.807) is 0 Å². The van der Waals surface area contributed by atoms with Crippen molar-refractivity contribution in [1.29, 1.82) is 0 Å². The molecule has 0 spiro atoms. The summed E-state index contributed by atoms with van der Waals surface area (Å²) in [6.45, 7) is 12.0. The SMILES string of the molecule is C.C.C.CC.CC.CC.COOO.N.N.O.O.O.O.O.O.[Mn]. The molecule has 0 atom stereocenters. The molecule has 0 aromatic heterocycles. The first-order valence-electron chi connectivity index (χ1n) is 3.76. The Balaban J connectivity index is -0.00000000136.